The number of benzene rings is 2. The molecule has 0 radical (unpaired) electrons. The van der Waals surface area contributed by atoms with Gasteiger partial charge in [-0.2, -0.15) is 4.31 Å². The molecule has 0 aliphatic carbocycles. The fourth-order valence-electron chi connectivity index (χ4n) is 2.18. The Morgan fingerprint density at radius 1 is 0.958 bits per heavy atom. The van der Waals surface area contributed by atoms with Gasteiger partial charge in [-0.25, -0.2) is 17.2 Å². The Morgan fingerprint density at radius 2 is 1.62 bits per heavy atom. The number of sulfonamides is 1. The molecule has 8 heteroatoms. The van der Waals surface area contributed by atoms with Crippen molar-refractivity contribution in [2.24, 2.45) is 5.73 Å². The van der Waals surface area contributed by atoms with Crippen LogP contribution in [0.15, 0.2) is 53.4 Å². The maximum Gasteiger partial charge on any atom is 0.243 e. The first kappa shape index (κ1) is 20.5. The highest BCUT2D eigenvalue weighted by molar-refractivity contribution is 7.89. The highest BCUT2D eigenvalue weighted by atomic mass is 35.5. The molecule has 0 amide bonds. The zero-order valence-electron chi connectivity index (χ0n) is 12.9. The third-order valence-corrected chi connectivity index (χ3v) is 5.29. The first-order valence-electron chi connectivity index (χ1n) is 7.14. The lowest BCUT2D eigenvalue weighted by atomic mass is 10.1. The molecule has 0 heterocycles. The molecule has 0 saturated carbocycles. The van der Waals surface area contributed by atoms with Gasteiger partial charge in [0.05, 0.1) is 4.90 Å². The smallest absolute Gasteiger partial charge is 0.243 e. The first-order valence-corrected chi connectivity index (χ1v) is 8.58. The molecule has 132 valence electrons. The van der Waals surface area contributed by atoms with Gasteiger partial charge in [0.25, 0.3) is 0 Å². The van der Waals surface area contributed by atoms with Gasteiger partial charge in [-0.15, -0.1) is 12.4 Å². The molecule has 0 saturated heterocycles. The third kappa shape index (κ3) is 4.98. The summed E-state index contributed by atoms with van der Waals surface area (Å²) < 4.78 is 52.7. The summed E-state index contributed by atoms with van der Waals surface area (Å²) in [6, 6.07) is 11.9. The fraction of sp³-hybridized carbons (Fsp3) is 0.250. The topological polar surface area (TPSA) is 63.4 Å². The van der Waals surface area contributed by atoms with Crippen LogP contribution in [0.2, 0.25) is 0 Å². The minimum Gasteiger partial charge on any atom is -0.329 e. The van der Waals surface area contributed by atoms with Crippen molar-refractivity contribution >= 4 is 22.4 Å². The van der Waals surface area contributed by atoms with Gasteiger partial charge in [-0.05, 0) is 30.2 Å². The van der Waals surface area contributed by atoms with E-state index >= 15 is 0 Å². The number of halogens is 3. The maximum atomic E-state index is 13.3. The second kappa shape index (κ2) is 9.08. The molecule has 0 fully saturated rings. The minimum absolute atomic E-state index is 0. The van der Waals surface area contributed by atoms with Crippen molar-refractivity contribution in [3.63, 3.8) is 0 Å². The average Bonchev–Trinajstić information content (AvgIpc) is 2.54. The molecule has 0 bridgehead atoms. The van der Waals surface area contributed by atoms with Crippen molar-refractivity contribution in [3.8, 4) is 0 Å². The molecule has 2 N–H and O–H groups in total. The van der Waals surface area contributed by atoms with Crippen LogP contribution in [0.4, 0.5) is 8.78 Å². The number of rotatable bonds is 7. The van der Waals surface area contributed by atoms with E-state index in [2.05, 4.69) is 0 Å². The van der Waals surface area contributed by atoms with Crippen LogP contribution < -0.4 is 5.73 Å². The molecular formula is C16H19ClF2N2O2S. The molecule has 2 aromatic carbocycles. The van der Waals surface area contributed by atoms with Gasteiger partial charge in [0.15, 0.2) is 11.6 Å². The van der Waals surface area contributed by atoms with Crippen LogP contribution in [-0.4, -0.2) is 32.4 Å². The largest absolute Gasteiger partial charge is 0.329 e. The van der Waals surface area contributed by atoms with E-state index in [1.54, 1.807) is 0 Å². The van der Waals surface area contributed by atoms with Gasteiger partial charge >= 0.3 is 0 Å². The van der Waals surface area contributed by atoms with Gasteiger partial charge < -0.3 is 5.73 Å². The Bertz CT molecular complexity index is 758. The lowest BCUT2D eigenvalue weighted by Crippen LogP contribution is -2.37. The van der Waals surface area contributed by atoms with Crippen LogP contribution in [0, 0.1) is 11.6 Å². The molecule has 0 aromatic heterocycles. The molecular weight excluding hydrogens is 358 g/mol. The predicted octanol–water partition coefficient (Wildman–Crippen LogP) is 2.58. The quantitative estimate of drug-likeness (QED) is 0.807. The molecule has 0 unspecified atom stereocenters. The molecule has 2 aromatic rings. The zero-order valence-corrected chi connectivity index (χ0v) is 14.5. The van der Waals surface area contributed by atoms with Crippen molar-refractivity contribution in [1.29, 1.82) is 0 Å². The monoisotopic (exact) mass is 376 g/mol. The van der Waals surface area contributed by atoms with E-state index in [0.29, 0.717) is 12.5 Å². The average molecular weight is 377 g/mol. The van der Waals surface area contributed by atoms with Gasteiger partial charge in [0.1, 0.15) is 0 Å². The number of nitrogens with zero attached hydrogens (tertiary/aromatic N) is 1. The number of hydrogen-bond acceptors (Lipinski definition) is 3. The zero-order chi connectivity index (χ0) is 16.9. The predicted molar refractivity (Wildman–Crippen MR) is 91.6 cm³/mol. The van der Waals surface area contributed by atoms with Crippen LogP contribution in [0.3, 0.4) is 0 Å². The Hall–Kier alpha value is -1.54. The molecule has 0 spiro atoms. The highest BCUT2D eigenvalue weighted by Gasteiger charge is 2.24. The van der Waals surface area contributed by atoms with Gasteiger partial charge in [0, 0.05) is 19.6 Å². The molecule has 0 aliphatic rings. The van der Waals surface area contributed by atoms with Crippen molar-refractivity contribution in [2.75, 3.05) is 19.6 Å². The fourth-order valence-corrected chi connectivity index (χ4v) is 3.65. The van der Waals surface area contributed by atoms with Gasteiger partial charge in [-0.1, -0.05) is 30.3 Å². The Morgan fingerprint density at radius 3 is 2.21 bits per heavy atom. The lowest BCUT2D eigenvalue weighted by molar-refractivity contribution is 0.420. The van der Waals surface area contributed by atoms with Crippen molar-refractivity contribution in [1.82, 2.24) is 4.31 Å². The van der Waals surface area contributed by atoms with Gasteiger partial charge in [-0.3, -0.25) is 0 Å². The Labute approximate surface area is 146 Å². The molecule has 24 heavy (non-hydrogen) atoms. The van der Waals surface area contributed by atoms with E-state index < -0.39 is 21.7 Å². The molecule has 4 nitrogen and oxygen atoms in total. The highest BCUT2D eigenvalue weighted by Crippen LogP contribution is 2.18. The van der Waals surface area contributed by atoms with Crippen LogP contribution >= 0.6 is 12.4 Å². The van der Waals surface area contributed by atoms with E-state index in [1.807, 2.05) is 30.3 Å². The SMILES string of the molecule is Cl.NCCN(CCc1ccccc1)S(=O)(=O)c1ccc(F)c(F)c1. The molecule has 0 atom stereocenters. The third-order valence-electron chi connectivity index (χ3n) is 3.40. The summed E-state index contributed by atoms with van der Waals surface area (Å²) in [5.41, 5.74) is 6.47. The number of hydrogen-bond donors (Lipinski definition) is 1. The van der Waals surface area contributed by atoms with E-state index in [9.17, 15) is 17.2 Å². The van der Waals surface area contributed by atoms with E-state index in [-0.39, 0.29) is 36.9 Å². The second-order valence-electron chi connectivity index (χ2n) is 5.00. The van der Waals surface area contributed by atoms with Crippen molar-refractivity contribution < 1.29 is 17.2 Å². The van der Waals surface area contributed by atoms with Crippen LogP contribution in [0.5, 0.6) is 0 Å². The molecule has 0 aliphatic heterocycles. The van der Waals surface area contributed by atoms with Crippen molar-refractivity contribution in [3.05, 3.63) is 65.7 Å². The summed E-state index contributed by atoms with van der Waals surface area (Å²) in [7, 11) is -3.93. The van der Waals surface area contributed by atoms with Crippen LogP contribution in [0.1, 0.15) is 5.56 Å². The summed E-state index contributed by atoms with van der Waals surface area (Å²) in [4.78, 5) is -0.280. The summed E-state index contributed by atoms with van der Waals surface area (Å²) in [6.45, 7) is 0.453. The van der Waals surface area contributed by atoms with E-state index in [0.717, 1.165) is 17.7 Å². The molecule has 2 rings (SSSR count). The minimum atomic E-state index is -3.93. The summed E-state index contributed by atoms with van der Waals surface area (Å²) in [6.07, 6.45) is 0.504. The van der Waals surface area contributed by atoms with Crippen LogP contribution in [-0.2, 0) is 16.4 Å². The maximum absolute atomic E-state index is 13.3. The summed E-state index contributed by atoms with van der Waals surface area (Å²) >= 11 is 0. The Kier molecular flexibility index (Phi) is 7.75. The second-order valence-corrected chi connectivity index (χ2v) is 6.94. The lowest BCUT2D eigenvalue weighted by Gasteiger charge is -2.21. The van der Waals surface area contributed by atoms with Crippen LogP contribution in [0.25, 0.3) is 0 Å². The first-order chi connectivity index (χ1) is 10.9. The Balaban J connectivity index is 0.00000288. The summed E-state index contributed by atoms with van der Waals surface area (Å²) in [5.74, 6) is -2.28. The normalized spacial score (nSPS) is 11.3. The van der Waals surface area contributed by atoms with Gasteiger partial charge in [0.2, 0.25) is 10.0 Å². The van der Waals surface area contributed by atoms with E-state index in [4.69, 9.17) is 5.73 Å². The van der Waals surface area contributed by atoms with E-state index in [1.165, 1.54) is 4.31 Å². The number of nitrogens with two attached hydrogens (primary N) is 1. The summed E-state index contributed by atoms with van der Waals surface area (Å²) in [5, 5.41) is 0. The van der Waals surface area contributed by atoms with Crippen molar-refractivity contribution in [2.45, 2.75) is 11.3 Å². The standard InChI is InChI=1S/C16H18F2N2O2S.ClH/c17-15-7-6-14(12-16(15)18)23(21,22)20(11-9-19)10-8-13-4-2-1-3-5-13;/h1-7,12H,8-11,19H2;1H.